The van der Waals surface area contributed by atoms with Crippen LogP contribution < -0.4 is 0 Å². The minimum Gasteiger partial charge on any atom is -0.462 e. The van der Waals surface area contributed by atoms with Crippen molar-refractivity contribution in [2.75, 3.05) is 7.05 Å². The van der Waals surface area contributed by atoms with Gasteiger partial charge >= 0.3 is 5.97 Å². The zero-order chi connectivity index (χ0) is 15.0. The number of esters is 1. The predicted molar refractivity (Wildman–Crippen MR) is 83.6 cm³/mol. The first kappa shape index (κ1) is 14.9. The third-order valence-electron chi connectivity index (χ3n) is 5.06. The van der Waals surface area contributed by atoms with Crippen molar-refractivity contribution in [3.05, 3.63) is 34.9 Å². The topological polar surface area (TPSA) is 29.5 Å². The normalized spacial score (nSPS) is 30.1. The molecule has 2 saturated heterocycles. The van der Waals surface area contributed by atoms with Gasteiger partial charge in [-0.1, -0.05) is 23.7 Å². The summed E-state index contributed by atoms with van der Waals surface area (Å²) in [5, 5.41) is 0.686. The molecule has 4 heteroatoms. The van der Waals surface area contributed by atoms with Gasteiger partial charge < -0.3 is 9.64 Å². The van der Waals surface area contributed by atoms with Crippen molar-refractivity contribution in [1.29, 1.82) is 0 Å². The summed E-state index contributed by atoms with van der Waals surface area (Å²) in [6, 6.07) is 8.60. The zero-order valence-electron chi connectivity index (χ0n) is 12.6. The van der Waals surface area contributed by atoms with Crippen LogP contribution in [-0.4, -0.2) is 36.1 Å². The number of fused-ring (bicyclic) bond motifs is 2. The van der Waals surface area contributed by atoms with Gasteiger partial charge in [-0.25, -0.2) is 0 Å². The molecule has 1 unspecified atom stereocenters. The molecule has 1 aromatic carbocycles. The number of piperidine rings is 1. The van der Waals surface area contributed by atoms with Crippen LogP contribution in [0.3, 0.4) is 0 Å². The van der Waals surface area contributed by atoms with Gasteiger partial charge in [0, 0.05) is 17.1 Å². The van der Waals surface area contributed by atoms with E-state index in [1.165, 1.54) is 12.8 Å². The fourth-order valence-corrected chi connectivity index (χ4v) is 3.74. The smallest absolute Gasteiger partial charge is 0.313 e. The number of nitrogens with zero attached hydrogens (tertiary/aromatic N) is 1. The van der Waals surface area contributed by atoms with Crippen molar-refractivity contribution in [3.63, 3.8) is 0 Å². The number of hydrogen-bond donors (Lipinski definition) is 0. The zero-order valence-corrected chi connectivity index (χ0v) is 13.3. The first-order chi connectivity index (χ1) is 10.0. The Kier molecular flexibility index (Phi) is 4.23. The molecule has 0 spiro atoms. The molecule has 3 rings (SSSR count). The Morgan fingerprint density at radius 1 is 1.24 bits per heavy atom. The predicted octanol–water partition coefficient (Wildman–Crippen LogP) is 3.61. The third-order valence-corrected chi connectivity index (χ3v) is 5.31. The summed E-state index contributed by atoms with van der Waals surface area (Å²) in [6.07, 6.45) is 4.52. The average Bonchev–Trinajstić information content (AvgIpc) is 2.69. The molecule has 0 radical (unpaired) electrons. The van der Waals surface area contributed by atoms with E-state index in [9.17, 15) is 4.79 Å². The van der Waals surface area contributed by atoms with E-state index in [1.807, 2.05) is 31.2 Å². The highest BCUT2D eigenvalue weighted by Gasteiger charge is 2.40. The van der Waals surface area contributed by atoms with Gasteiger partial charge in [-0.15, -0.1) is 0 Å². The van der Waals surface area contributed by atoms with Crippen LogP contribution in [0.15, 0.2) is 24.3 Å². The maximum atomic E-state index is 12.3. The van der Waals surface area contributed by atoms with Gasteiger partial charge in [0.05, 0.1) is 5.92 Å². The number of ether oxygens (including phenoxy) is 1. The van der Waals surface area contributed by atoms with Crippen LogP contribution in [0.4, 0.5) is 0 Å². The van der Waals surface area contributed by atoms with Gasteiger partial charge in [0.1, 0.15) is 6.10 Å². The first-order valence-electron chi connectivity index (χ1n) is 7.72. The van der Waals surface area contributed by atoms with Crippen molar-refractivity contribution in [1.82, 2.24) is 4.90 Å². The van der Waals surface area contributed by atoms with E-state index in [-0.39, 0.29) is 18.0 Å². The van der Waals surface area contributed by atoms with Gasteiger partial charge in [-0.3, -0.25) is 4.79 Å². The van der Waals surface area contributed by atoms with Gasteiger partial charge in [0.25, 0.3) is 0 Å². The summed E-state index contributed by atoms with van der Waals surface area (Å²) in [5.41, 5.74) is 0.959. The molecule has 0 N–H and O–H groups in total. The SMILES string of the molecule is CC(C(=O)O[C@@H]1C[C@H]2CC[C@@H](C1)N2C)c1ccc(Cl)cc1. The van der Waals surface area contributed by atoms with Crippen LogP contribution in [0, 0.1) is 0 Å². The molecule has 2 fully saturated rings. The summed E-state index contributed by atoms with van der Waals surface area (Å²) in [7, 11) is 2.19. The molecule has 0 saturated carbocycles. The molecular weight excluding hydrogens is 286 g/mol. The van der Waals surface area contributed by atoms with Gasteiger partial charge in [0.15, 0.2) is 0 Å². The highest BCUT2D eigenvalue weighted by atomic mass is 35.5. The van der Waals surface area contributed by atoms with Crippen LogP contribution in [0.25, 0.3) is 0 Å². The summed E-state index contributed by atoms with van der Waals surface area (Å²) in [5.74, 6) is -0.356. The van der Waals surface area contributed by atoms with Crippen molar-refractivity contribution in [3.8, 4) is 0 Å². The summed E-state index contributed by atoms with van der Waals surface area (Å²) in [6.45, 7) is 1.90. The fraction of sp³-hybridized carbons (Fsp3) is 0.588. The Morgan fingerprint density at radius 3 is 2.38 bits per heavy atom. The second kappa shape index (κ2) is 5.98. The monoisotopic (exact) mass is 307 g/mol. The van der Waals surface area contributed by atoms with Crippen molar-refractivity contribution < 1.29 is 9.53 Å². The maximum Gasteiger partial charge on any atom is 0.313 e. The molecule has 0 aromatic heterocycles. The molecule has 0 aliphatic carbocycles. The van der Waals surface area contributed by atoms with E-state index in [0.717, 1.165) is 18.4 Å². The van der Waals surface area contributed by atoms with Crippen molar-refractivity contribution in [2.24, 2.45) is 0 Å². The molecule has 21 heavy (non-hydrogen) atoms. The molecule has 2 aliphatic heterocycles. The third kappa shape index (κ3) is 3.09. The Labute approximate surface area is 131 Å². The highest BCUT2D eigenvalue weighted by molar-refractivity contribution is 6.30. The fourth-order valence-electron chi connectivity index (χ4n) is 3.61. The van der Waals surface area contributed by atoms with E-state index >= 15 is 0 Å². The molecule has 114 valence electrons. The standard InChI is InChI=1S/C17H22ClNO2/c1-11(12-3-5-13(18)6-4-12)17(20)21-16-9-14-7-8-15(10-16)19(14)2/h3-6,11,14-16H,7-10H2,1-2H3/t11?,14-,15+,16-. The quantitative estimate of drug-likeness (QED) is 0.799. The maximum absolute atomic E-state index is 12.3. The second-order valence-electron chi connectivity index (χ2n) is 6.35. The molecule has 2 heterocycles. The molecule has 3 nitrogen and oxygen atoms in total. The van der Waals surface area contributed by atoms with Crippen LogP contribution in [0.5, 0.6) is 0 Å². The molecular formula is C17H22ClNO2. The summed E-state index contributed by atoms with van der Waals surface area (Å²) in [4.78, 5) is 14.8. The highest BCUT2D eigenvalue weighted by Crippen LogP contribution is 2.36. The number of carbonyl (C=O) groups excluding carboxylic acids is 1. The van der Waals surface area contributed by atoms with E-state index in [2.05, 4.69) is 11.9 Å². The lowest BCUT2D eigenvalue weighted by atomic mass is 9.99. The minimum absolute atomic E-state index is 0.0842. The Morgan fingerprint density at radius 2 is 1.81 bits per heavy atom. The first-order valence-corrected chi connectivity index (χ1v) is 8.10. The average molecular weight is 308 g/mol. The molecule has 1 aromatic rings. The van der Waals surface area contributed by atoms with Crippen LogP contribution in [0.2, 0.25) is 5.02 Å². The van der Waals surface area contributed by atoms with Crippen molar-refractivity contribution in [2.45, 2.75) is 56.7 Å². The van der Waals surface area contributed by atoms with Crippen LogP contribution >= 0.6 is 11.6 Å². The van der Waals surface area contributed by atoms with E-state index < -0.39 is 0 Å². The number of benzene rings is 1. The molecule has 2 aliphatic rings. The number of carbonyl (C=O) groups is 1. The summed E-state index contributed by atoms with van der Waals surface area (Å²) >= 11 is 5.88. The minimum atomic E-state index is -0.237. The van der Waals surface area contributed by atoms with Crippen LogP contribution in [0.1, 0.15) is 44.1 Å². The Balaban J connectivity index is 1.60. The van der Waals surface area contributed by atoms with E-state index in [4.69, 9.17) is 16.3 Å². The molecule has 4 atom stereocenters. The van der Waals surface area contributed by atoms with Crippen LogP contribution in [-0.2, 0) is 9.53 Å². The van der Waals surface area contributed by atoms with Gasteiger partial charge in [-0.05, 0) is 57.4 Å². The lowest BCUT2D eigenvalue weighted by Gasteiger charge is -2.36. The lowest BCUT2D eigenvalue weighted by Crippen LogP contribution is -2.43. The number of halogens is 1. The molecule has 2 bridgehead atoms. The second-order valence-corrected chi connectivity index (χ2v) is 6.79. The lowest BCUT2D eigenvalue weighted by molar-refractivity contribution is -0.153. The van der Waals surface area contributed by atoms with E-state index in [0.29, 0.717) is 17.1 Å². The Bertz CT molecular complexity index is 502. The largest absolute Gasteiger partial charge is 0.462 e. The van der Waals surface area contributed by atoms with Crippen molar-refractivity contribution >= 4 is 17.6 Å². The molecule has 0 amide bonds. The summed E-state index contributed by atoms with van der Waals surface area (Å²) < 4.78 is 5.77. The van der Waals surface area contributed by atoms with Gasteiger partial charge in [0.2, 0.25) is 0 Å². The van der Waals surface area contributed by atoms with Gasteiger partial charge in [-0.2, -0.15) is 0 Å². The Hall–Kier alpha value is -1.06. The van der Waals surface area contributed by atoms with E-state index in [1.54, 1.807) is 0 Å². The number of rotatable bonds is 3. The number of hydrogen-bond acceptors (Lipinski definition) is 3.